The zero-order valence-corrected chi connectivity index (χ0v) is 8.75. The van der Waals surface area contributed by atoms with Crippen molar-refractivity contribution in [2.24, 2.45) is 10.9 Å². The second kappa shape index (κ2) is 4.25. The summed E-state index contributed by atoms with van der Waals surface area (Å²) in [5, 5.41) is 20.6. The zero-order chi connectivity index (χ0) is 12.4. The van der Waals surface area contributed by atoms with E-state index in [0.29, 0.717) is 17.8 Å². The summed E-state index contributed by atoms with van der Waals surface area (Å²) in [4.78, 5) is 25.4. The molecule has 0 aromatic carbocycles. The van der Waals surface area contributed by atoms with Gasteiger partial charge in [0.25, 0.3) is 5.91 Å². The van der Waals surface area contributed by atoms with Crippen molar-refractivity contribution in [1.29, 1.82) is 0 Å². The second-order valence-corrected chi connectivity index (χ2v) is 3.71. The van der Waals surface area contributed by atoms with Crippen LogP contribution in [0.5, 0.6) is 0 Å². The number of rotatable bonds is 2. The minimum absolute atomic E-state index is 0.0539. The number of allylic oxidation sites excluding steroid dienone is 2. The van der Waals surface area contributed by atoms with Crippen molar-refractivity contribution >= 4 is 17.7 Å². The fourth-order valence-corrected chi connectivity index (χ4v) is 1.68. The van der Waals surface area contributed by atoms with Gasteiger partial charge in [0.1, 0.15) is 11.6 Å². The molecule has 1 amide bonds. The van der Waals surface area contributed by atoms with E-state index in [1.54, 1.807) is 0 Å². The molecule has 6 heteroatoms. The highest BCUT2D eigenvalue weighted by Gasteiger charge is 2.29. The van der Waals surface area contributed by atoms with Crippen LogP contribution in [0.15, 0.2) is 40.8 Å². The smallest absolute Gasteiger partial charge is 0.328 e. The number of carboxylic acids is 1. The number of carbonyl (C=O) groups is 2. The van der Waals surface area contributed by atoms with Crippen molar-refractivity contribution < 1.29 is 19.8 Å². The van der Waals surface area contributed by atoms with Crippen molar-refractivity contribution in [3.05, 3.63) is 35.8 Å². The van der Waals surface area contributed by atoms with Gasteiger partial charge in [0.2, 0.25) is 0 Å². The molecule has 2 aliphatic heterocycles. The summed E-state index contributed by atoms with van der Waals surface area (Å²) in [6, 6.07) is 0. The van der Waals surface area contributed by atoms with Gasteiger partial charge in [-0.25, -0.2) is 9.79 Å². The number of hydrogen-bond acceptors (Lipinski definition) is 4. The summed E-state index contributed by atoms with van der Waals surface area (Å²) < 4.78 is 0. The highest BCUT2D eigenvalue weighted by atomic mass is 16.4. The molecule has 0 aliphatic carbocycles. The van der Waals surface area contributed by atoms with Crippen molar-refractivity contribution in [2.45, 2.75) is 6.42 Å². The highest BCUT2D eigenvalue weighted by Crippen LogP contribution is 2.26. The molecule has 0 spiro atoms. The molecule has 0 aromatic heterocycles. The molecule has 0 bridgehead atoms. The molecule has 2 rings (SSSR count). The van der Waals surface area contributed by atoms with Gasteiger partial charge in [0, 0.05) is 18.4 Å². The monoisotopic (exact) mass is 234 g/mol. The first-order chi connectivity index (χ1) is 8.06. The Balaban J connectivity index is 2.22. The van der Waals surface area contributed by atoms with Crippen LogP contribution in [0.4, 0.5) is 0 Å². The van der Waals surface area contributed by atoms with Crippen molar-refractivity contribution in [1.82, 2.24) is 5.32 Å². The highest BCUT2D eigenvalue weighted by molar-refractivity contribution is 6.08. The maximum absolute atomic E-state index is 11.1. The maximum atomic E-state index is 11.1. The average Bonchev–Trinajstić information content (AvgIpc) is 2.26. The van der Waals surface area contributed by atoms with E-state index < -0.39 is 17.8 Å². The number of amidine groups is 1. The van der Waals surface area contributed by atoms with Gasteiger partial charge in [0.05, 0.1) is 5.92 Å². The largest absolute Gasteiger partial charge is 0.511 e. The Hall–Kier alpha value is -2.37. The summed E-state index contributed by atoms with van der Waals surface area (Å²) in [5.74, 6) is -1.51. The third-order valence-corrected chi connectivity index (χ3v) is 2.47. The average molecular weight is 234 g/mol. The molecule has 0 saturated carbocycles. The van der Waals surface area contributed by atoms with Crippen molar-refractivity contribution in [3.8, 4) is 0 Å². The number of aliphatic carboxylic acids is 1. The molecule has 1 atom stereocenters. The van der Waals surface area contributed by atoms with E-state index in [1.807, 2.05) is 0 Å². The molecule has 0 aromatic rings. The number of nitrogens with one attached hydrogen (secondary N) is 1. The minimum Gasteiger partial charge on any atom is -0.511 e. The summed E-state index contributed by atoms with van der Waals surface area (Å²) in [7, 11) is 0. The number of hydrogen-bond donors (Lipinski definition) is 3. The van der Waals surface area contributed by atoms with E-state index in [0.717, 1.165) is 12.2 Å². The second-order valence-electron chi connectivity index (χ2n) is 3.71. The van der Waals surface area contributed by atoms with E-state index in [-0.39, 0.29) is 5.76 Å². The Morgan fingerprint density at radius 2 is 2.35 bits per heavy atom. The van der Waals surface area contributed by atoms with Gasteiger partial charge >= 0.3 is 5.97 Å². The molecule has 88 valence electrons. The number of carboxylic acid groups (broad SMARTS) is 1. The molecular weight excluding hydrogens is 224 g/mol. The normalized spacial score (nSPS) is 23.4. The van der Waals surface area contributed by atoms with Crippen LogP contribution in [0, 0.1) is 5.92 Å². The third kappa shape index (κ3) is 2.41. The van der Waals surface area contributed by atoms with Crippen LogP contribution < -0.4 is 5.32 Å². The van der Waals surface area contributed by atoms with Gasteiger partial charge in [-0.2, -0.15) is 0 Å². The van der Waals surface area contributed by atoms with Crippen LogP contribution in [0.1, 0.15) is 6.42 Å². The molecule has 6 nitrogen and oxygen atoms in total. The zero-order valence-electron chi connectivity index (χ0n) is 8.75. The standard InChI is InChI=1S/C11H10N2O4/c14-8-4-9(15)13-11-7(8)3-6(5-12-11)1-2-10(16)17/h1-2,4-5,7,14H,3H2,(H,16,17)(H,12,13,15)/b2-1+. The van der Waals surface area contributed by atoms with E-state index in [1.165, 1.54) is 12.3 Å². The SMILES string of the molecule is O=C(O)/C=C/C1=CN=C2NC(=O)C=C(O)C2C1. The number of fused-ring (bicyclic) bond motifs is 1. The molecule has 2 heterocycles. The lowest BCUT2D eigenvalue weighted by Gasteiger charge is -2.25. The Morgan fingerprint density at radius 3 is 3.06 bits per heavy atom. The summed E-state index contributed by atoms with van der Waals surface area (Å²) in [5.41, 5.74) is 0.678. The molecule has 1 unspecified atom stereocenters. The quantitative estimate of drug-likeness (QED) is 0.606. The predicted octanol–water partition coefficient (Wildman–Crippen LogP) is 0.501. The third-order valence-electron chi connectivity index (χ3n) is 2.47. The number of aliphatic hydroxyl groups is 1. The topological polar surface area (TPSA) is 99.0 Å². The first kappa shape index (κ1) is 11.1. The molecule has 17 heavy (non-hydrogen) atoms. The molecule has 0 radical (unpaired) electrons. The van der Waals surface area contributed by atoms with Crippen molar-refractivity contribution in [3.63, 3.8) is 0 Å². The summed E-state index contributed by atoms with van der Waals surface area (Å²) >= 11 is 0. The number of amides is 1. The molecule has 3 N–H and O–H groups in total. The predicted molar refractivity (Wildman–Crippen MR) is 59.3 cm³/mol. The minimum atomic E-state index is -1.04. The lowest BCUT2D eigenvalue weighted by atomic mass is 9.92. The van der Waals surface area contributed by atoms with E-state index in [2.05, 4.69) is 10.3 Å². The first-order valence-electron chi connectivity index (χ1n) is 4.95. The van der Waals surface area contributed by atoms with Crippen LogP contribution in [0.2, 0.25) is 0 Å². The lowest BCUT2D eigenvalue weighted by molar-refractivity contribution is -0.131. The van der Waals surface area contributed by atoms with Gasteiger partial charge in [-0.05, 0) is 12.0 Å². The Kier molecular flexibility index (Phi) is 2.78. The molecule has 2 aliphatic rings. The summed E-state index contributed by atoms with van der Waals surface area (Å²) in [6.45, 7) is 0. The van der Waals surface area contributed by atoms with Gasteiger partial charge in [-0.1, -0.05) is 6.08 Å². The van der Waals surface area contributed by atoms with E-state index in [9.17, 15) is 14.7 Å². The Labute approximate surface area is 96.7 Å². The van der Waals surface area contributed by atoms with Crippen LogP contribution >= 0.6 is 0 Å². The Morgan fingerprint density at radius 1 is 1.59 bits per heavy atom. The lowest BCUT2D eigenvalue weighted by Crippen LogP contribution is -2.41. The fourth-order valence-electron chi connectivity index (χ4n) is 1.68. The van der Waals surface area contributed by atoms with Crippen molar-refractivity contribution in [2.75, 3.05) is 0 Å². The van der Waals surface area contributed by atoms with Crippen LogP contribution in [0.3, 0.4) is 0 Å². The molecular formula is C11H10N2O4. The molecule has 0 fully saturated rings. The van der Waals surface area contributed by atoms with E-state index >= 15 is 0 Å². The summed E-state index contributed by atoms with van der Waals surface area (Å²) in [6.07, 6.45) is 5.42. The van der Waals surface area contributed by atoms with Gasteiger partial charge in [-0.3, -0.25) is 4.79 Å². The number of aliphatic imine (C=N–C) groups is 1. The Bertz CT molecular complexity index is 500. The first-order valence-corrected chi connectivity index (χ1v) is 4.95. The number of carbonyl (C=O) groups excluding carboxylic acids is 1. The van der Waals surface area contributed by atoms with Crippen LogP contribution in [0.25, 0.3) is 0 Å². The number of nitrogens with zero attached hydrogens (tertiary/aromatic N) is 1. The van der Waals surface area contributed by atoms with Crippen LogP contribution in [-0.4, -0.2) is 27.9 Å². The van der Waals surface area contributed by atoms with Gasteiger partial charge in [-0.15, -0.1) is 0 Å². The van der Waals surface area contributed by atoms with Crippen LogP contribution in [-0.2, 0) is 9.59 Å². The molecule has 0 saturated heterocycles. The van der Waals surface area contributed by atoms with Gasteiger partial charge in [0.15, 0.2) is 0 Å². The number of aliphatic hydroxyl groups excluding tert-OH is 1. The fraction of sp³-hybridized carbons (Fsp3) is 0.182. The van der Waals surface area contributed by atoms with E-state index in [4.69, 9.17) is 5.11 Å². The maximum Gasteiger partial charge on any atom is 0.328 e. The van der Waals surface area contributed by atoms with Gasteiger partial charge < -0.3 is 15.5 Å².